The van der Waals surface area contributed by atoms with Crippen molar-refractivity contribution in [3.8, 4) is 30.0 Å². The van der Waals surface area contributed by atoms with E-state index in [0.717, 1.165) is 0 Å². The average molecular weight is 724 g/mol. The van der Waals surface area contributed by atoms with Gasteiger partial charge in [0.1, 0.15) is 43.0 Å². The molecule has 0 saturated heterocycles. The Labute approximate surface area is 282 Å². The molecule has 0 saturated carbocycles. The van der Waals surface area contributed by atoms with Crippen LogP contribution in [0.2, 0.25) is 0 Å². The van der Waals surface area contributed by atoms with Gasteiger partial charge >= 0.3 is 12.2 Å². The summed E-state index contributed by atoms with van der Waals surface area (Å²) in [5, 5.41) is 38.6. The molecule has 52 heavy (non-hydrogen) atoms. The normalized spacial score (nSPS) is 13.0. The van der Waals surface area contributed by atoms with Crippen LogP contribution in [0.3, 0.4) is 0 Å². The zero-order valence-corrected chi connectivity index (χ0v) is 25.2. The highest BCUT2D eigenvalue weighted by Gasteiger charge is 2.42. The van der Waals surface area contributed by atoms with Crippen molar-refractivity contribution in [1.29, 1.82) is 21.0 Å². The van der Waals surface area contributed by atoms with Crippen LogP contribution >= 0.6 is 0 Å². The summed E-state index contributed by atoms with van der Waals surface area (Å²) in [4.78, 5) is 5.90. The highest BCUT2D eigenvalue weighted by atomic mass is 19.4. The van der Waals surface area contributed by atoms with Gasteiger partial charge in [-0.15, -0.1) is 13.2 Å². The van der Waals surface area contributed by atoms with E-state index in [2.05, 4.69) is 14.4 Å². The number of benzene rings is 3. The molecule has 0 spiro atoms. The summed E-state index contributed by atoms with van der Waals surface area (Å²) in [5.74, 6) is -22.2. The number of allylic oxidation sites excluding steroid dienone is 3. The molecular formula is C34H7F11N6O. The number of alkyl halides is 3. The Morgan fingerprint density at radius 3 is 1.38 bits per heavy atom. The van der Waals surface area contributed by atoms with E-state index in [0.29, 0.717) is 6.92 Å². The summed E-state index contributed by atoms with van der Waals surface area (Å²) >= 11 is 0. The summed E-state index contributed by atoms with van der Waals surface area (Å²) in [5.41, 5.74) is -12.2. The number of ether oxygens (including phenoxy) is 1. The van der Waals surface area contributed by atoms with Crippen molar-refractivity contribution in [1.82, 2.24) is 0 Å². The fourth-order valence-corrected chi connectivity index (χ4v) is 6.11. The third-order valence-electron chi connectivity index (χ3n) is 8.17. The van der Waals surface area contributed by atoms with Gasteiger partial charge in [-0.3, -0.25) is 0 Å². The Kier molecular flexibility index (Phi) is 8.78. The van der Waals surface area contributed by atoms with Crippen LogP contribution in [0.5, 0.6) is 5.75 Å². The lowest BCUT2D eigenvalue weighted by molar-refractivity contribution is -0.276. The van der Waals surface area contributed by atoms with Crippen LogP contribution in [-0.4, -0.2) is 6.36 Å². The first-order valence-electron chi connectivity index (χ1n) is 13.7. The standard InChI is InChI=1S/C34H7F11N6O/c1-10-24(35)26(37)23(27(38)25(10)36)21-15(33(50-2)51-3)5-14-17(9-49)18-13(16(8-48)19(14)21)4-12(11(6-46)7-47)20(18)22-28(39)30(41)32(31(42)29(22)40)52-34(43,44)45/h4-5H2,1H3. The molecule has 0 aromatic heterocycles. The molecule has 0 aliphatic heterocycles. The molecule has 7 nitrogen and oxygen atoms in total. The molecule has 5 rings (SSSR count). The van der Waals surface area contributed by atoms with E-state index in [1.807, 2.05) is 0 Å². The van der Waals surface area contributed by atoms with Gasteiger partial charge in [0.15, 0.2) is 34.9 Å². The molecule has 0 bridgehead atoms. The Hall–Kier alpha value is -7.15. The largest absolute Gasteiger partial charge is 0.573 e. The molecule has 3 aromatic carbocycles. The molecular weight excluding hydrogens is 717 g/mol. The second-order valence-electron chi connectivity index (χ2n) is 10.7. The van der Waals surface area contributed by atoms with E-state index in [-0.39, 0.29) is 0 Å². The van der Waals surface area contributed by atoms with Crippen LogP contribution in [0.4, 0.5) is 48.3 Å². The van der Waals surface area contributed by atoms with Crippen molar-refractivity contribution in [3.05, 3.63) is 141 Å². The van der Waals surface area contributed by atoms with E-state index in [4.69, 9.17) is 13.1 Å². The van der Waals surface area contributed by atoms with Crippen LogP contribution in [-0.2, 0) is 12.8 Å². The zero-order chi connectivity index (χ0) is 38.7. The lowest BCUT2D eigenvalue weighted by Crippen LogP contribution is -2.27. The van der Waals surface area contributed by atoms with Crippen molar-refractivity contribution >= 4 is 11.1 Å². The van der Waals surface area contributed by atoms with Gasteiger partial charge in [-0.1, -0.05) is 0 Å². The third-order valence-corrected chi connectivity index (χ3v) is 8.17. The number of nitrogens with zero attached hydrogens (tertiary/aromatic N) is 6. The van der Waals surface area contributed by atoms with Crippen molar-refractivity contribution in [3.63, 3.8) is 0 Å². The van der Waals surface area contributed by atoms with Crippen LogP contribution in [0, 0.1) is 112 Å². The zero-order valence-electron chi connectivity index (χ0n) is 25.2. The van der Waals surface area contributed by atoms with Crippen molar-refractivity contribution < 1.29 is 53.0 Å². The number of nitriles is 4. The minimum atomic E-state index is -5.87. The molecule has 0 unspecified atom stereocenters. The average Bonchev–Trinajstić information content (AvgIpc) is 3.67. The summed E-state index contributed by atoms with van der Waals surface area (Å²) in [6.07, 6.45) is -7.79. The highest BCUT2D eigenvalue weighted by Crippen LogP contribution is 2.43. The van der Waals surface area contributed by atoms with Gasteiger partial charge in [-0.25, -0.2) is 26.3 Å². The Morgan fingerprint density at radius 2 is 1.02 bits per heavy atom. The van der Waals surface area contributed by atoms with E-state index in [9.17, 15) is 43.0 Å². The van der Waals surface area contributed by atoms with Gasteiger partial charge in [-0.05, 0) is 35.6 Å². The van der Waals surface area contributed by atoms with Crippen LogP contribution in [0.1, 0.15) is 38.9 Å². The fraction of sp³-hybridized carbons (Fsp3) is 0.118. The van der Waals surface area contributed by atoms with Gasteiger partial charge < -0.3 is 4.74 Å². The molecule has 0 N–H and O–H groups in total. The number of halogens is 11. The minimum absolute atomic E-state index is 0.583. The van der Waals surface area contributed by atoms with E-state index >= 15 is 26.3 Å². The quantitative estimate of drug-likeness (QED) is 0.130. The number of rotatable bonds is 3. The fourth-order valence-electron chi connectivity index (χ4n) is 6.11. The molecule has 0 amide bonds. The number of hydrogen-bond acceptors (Lipinski definition) is 5. The van der Waals surface area contributed by atoms with Crippen molar-refractivity contribution in [2.45, 2.75) is 26.1 Å². The van der Waals surface area contributed by atoms with Crippen LogP contribution in [0.15, 0.2) is 22.5 Å². The molecule has 0 radical (unpaired) electrons. The SMILES string of the molecule is [C-]#[N+]C([N+]#[C-])=C1Cc2c(C#N)c3c(c(C#N)c2=C1c1c(F)c(F)c(C)c(F)c1F)CC(=C(C#N)C#N)C=3c1c(F)c(F)c(OC(F)(F)F)c(F)c1F. The molecule has 2 aliphatic rings. The second-order valence-corrected chi connectivity index (χ2v) is 10.7. The molecule has 0 atom stereocenters. The molecule has 0 fully saturated rings. The number of hydrogen-bond donors (Lipinski definition) is 0. The molecule has 0 heterocycles. The Balaban J connectivity index is 2.17. The molecule has 256 valence electrons. The second kappa shape index (κ2) is 12.6. The maximum Gasteiger partial charge on any atom is 0.573 e. The summed E-state index contributed by atoms with van der Waals surface area (Å²) in [7, 11) is 0. The maximum atomic E-state index is 15.7. The molecule has 2 aliphatic carbocycles. The smallest absolute Gasteiger partial charge is 0.399 e. The topological polar surface area (TPSA) is 113 Å². The van der Waals surface area contributed by atoms with Crippen LogP contribution in [0.25, 0.3) is 20.8 Å². The first-order chi connectivity index (χ1) is 24.4. The van der Waals surface area contributed by atoms with Gasteiger partial charge in [-0.2, -0.15) is 39.5 Å². The monoisotopic (exact) mass is 724 g/mol. The predicted octanol–water partition coefficient (Wildman–Crippen LogP) is 6.65. The first-order valence-corrected chi connectivity index (χ1v) is 13.7. The maximum absolute atomic E-state index is 15.7. The lowest BCUT2D eigenvalue weighted by atomic mass is 9.91. The van der Waals surface area contributed by atoms with Gasteiger partial charge in [0.05, 0.1) is 27.8 Å². The number of fused-ring (bicyclic) bond motifs is 2. The Morgan fingerprint density at radius 1 is 0.635 bits per heavy atom. The van der Waals surface area contributed by atoms with Crippen molar-refractivity contribution in [2.24, 2.45) is 0 Å². The minimum Gasteiger partial charge on any atom is -0.399 e. The summed E-state index contributed by atoms with van der Waals surface area (Å²) in [6, 6.07) is 5.83. The first kappa shape index (κ1) is 36.1. The molecule has 3 aromatic rings. The van der Waals surface area contributed by atoms with E-state index in [1.165, 1.54) is 12.1 Å². The lowest BCUT2D eigenvalue weighted by Gasteiger charge is -2.16. The van der Waals surface area contributed by atoms with Gasteiger partial charge in [0, 0.05) is 28.0 Å². The van der Waals surface area contributed by atoms with E-state index in [1.54, 1.807) is 12.1 Å². The van der Waals surface area contributed by atoms with E-state index < -0.39 is 155 Å². The Bertz CT molecular complexity index is 2610. The summed E-state index contributed by atoms with van der Waals surface area (Å²) in [6.45, 7) is 15.5. The molecule has 18 heteroatoms. The van der Waals surface area contributed by atoms with Crippen LogP contribution < -0.4 is 15.2 Å². The summed E-state index contributed by atoms with van der Waals surface area (Å²) < 4.78 is 164. The van der Waals surface area contributed by atoms with Gasteiger partial charge in [0.25, 0.3) is 0 Å². The predicted molar refractivity (Wildman–Crippen MR) is 150 cm³/mol. The third kappa shape index (κ3) is 5.05. The highest BCUT2D eigenvalue weighted by molar-refractivity contribution is 5.92. The van der Waals surface area contributed by atoms with Crippen molar-refractivity contribution in [2.75, 3.05) is 0 Å². The van der Waals surface area contributed by atoms with Gasteiger partial charge in [0.2, 0.25) is 17.4 Å².